The lowest BCUT2D eigenvalue weighted by Crippen LogP contribution is -2.23. The molecule has 0 spiro atoms. The maximum atomic E-state index is 12.2. The topological polar surface area (TPSA) is 72.2 Å². The summed E-state index contributed by atoms with van der Waals surface area (Å²) in [5, 5.41) is 15.6. The van der Waals surface area contributed by atoms with Crippen LogP contribution in [0.4, 0.5) is 5.69 Å². The lowest BCUT2D eigenvalue weighted by Gasteiger charge is -2.07. The van der Waals surface area contributed by atoms with Crippen LogP contribution in [-0.4, -0.2) is 10.8 Å². The lowest BCUT2D eigenvalue weighted by molar-refractivity contribution is -0.384. The zero-order valence-electron chi connectivity index (χ0n) is 11.3. The van der Waals surface area contributed by atoms with Crippen LogP contribution in [0.3, 0.4) is 0 Å². The van der Waals surface area contributed by atoms with Crippen molar-refractivity contribution in [1.82, 2.24) is 5.32 Å². The number of nitro benzene ring substituents is 1. The number of nitro groups is 1. The first-order valence-electron chi connectivity index (χ1n) is 6.30. The number of rotatable bonds is 5. The second-order valence-corrected chi connectivity index (χ2v) is 6.18. The van der Waals surface area contributed by atoms with Gasteiger partial charge in [-0.25, -0.2) is 0 Å². The van der Waals surface area contributed by atoms with Crippen molar-refractivity contribution in [2.24, 2.45) is 0 Å². The maximum Gasteiger partial charge on any atom is 0.270 e. The van der Waals surface area contributed by atoms with Gasteiger partial charge >= 0.3 is 0 Å². The van der Waals surface area contributed by atoms with Crippen LogP contribution in [0.5, 0.6) is 0 Å². The number of carbonyl (C=O) groups is 1. The Morgan fingerprint density at radius 1 is 1.43 bits per heavy atom. The Bertz CT molecular complexity index is 685. The van der Waals surface area contributed by atoms with Gasteiger partial charge < -0.3 is 5.32 Å². The Labute approximate surface area is 134 Å². The predicted octanol–water partition coefficient (Wildman–Crippen LogP) is 3.91. The second-order valence-electron chi connectivity index (χ2n) is 4.33. The average Bonchev–Trinajstić information content (AvgIpc) is 2.92. The second kappa shape index (κ2) is 6.82. The molecule has 0 aliphatic rings. The predicted molar refractivity (Wildman–Crippen MR) is 85.7 cm³/mol. The van der Waals surface area contributed by atoms with E-state index in [-0.39, 0.29) is 17.2 Å². The third kappa shape index (κ3) is 3.68. The Morgan fingerprint density at radius 3 is 2.86 bits per heavy atom. The van der Waals surface area contributed by atoms with Gasteiger partial charge in [0.25, 0.3) is 11.6 Å². The summed E-state index contributed by atoms with van der Waals surface area (Å²) in [5.74, 6) is -0.332. The van der Waals surface area contributed by atoms with E-state index >= 15 is 0 Å². The van der Waals surface area contributed by atoms with Crippen LogP contribution >= 0.6 is 27.3 Å². The van der Waals surface area contributed by atoms with Crippen LogP contribution in [0.15, 0.2) is 34.1 Å². The first kappa shape index (κ1) is 15.7. The fraction of sp³-hybridized carbons (Fsp3) is 0.214. The number of non-ortho nitro benzene ring substituents is 1. The standard InChI is InChI=1S/C14H13BrN2O3S/c1-2-9-5-6-21-13(9)8-16-14(18)11-7-10(17(19)20)3-4-12(11)15/h3-7H,2,8H2,1H3,(H,16,18). The number of halogens is 1. The van der Waals surface area contributed by atoms with E-state index < -0.39 is 4.92 Å². The molecule has 7 heteroatoms. The zero-order valence-corrected chi connectivity index (χ0v) is 13.7. The molecule has 2 aromatic rings. The Hall–Kier alpha value is -1.73. The molecular weight excluding hydrogens is 356 g/mol. The highest BCUT2D eigenvalue weighted by molar-refractivity contribution is 9.10. The van der Waals surface area contributed by atoms with Crippen molar-refractivity contribution in [1.29, 1.82) is 0 Å². The number of thiophene rings is 1. The molecule has 0 aliphatic heterocycles. The molecule has 21 heavy (non-hydrogen) atoms. The number of nitrogens with one attached hydrogen (secondary N) is 1. The van der Waals surface area contributed by atoms with Crippen molar-refractivity contribution < 1.29 is 9.72 Å². The smallest absolute Gasteiger partial charge is 0.270 e. The summed E-state index contributed by atoms with van der Waals surface area (Å²) in [6.45, 7) is 2.49. The van der Waals surface area contributed by atoms with Gasteiger partial charge in [0, 0.05) is 21.5 Å². The van der Waals surface area contributed by atoms with Crippen LogP contribution in [0.2, 0.25) is 0 Å². The molecule has 0 aliphatic carbocycles. The quantitative estimate of drug-likeness (QED) is 0.642. The van der Waals surface area contributed by atoms with Crippen LogP contribution in [0.1, 0.15) is 27.7 Å². The van der Waals surface area contributed by atoms with Crippen molar-refractivity contribution in [2.75, 3.05) is 0 Å². The van der Waals surface area contributed by atoms with Gasteiger partial charge in [-0.3, -0.25) is 14.9 Å². The Balaban J connectivity index is 2.13. The van der Waals surface area contributed by atoms with Crippen molar-refractivity contribution in [3.63, 3.8) is 0 Å². The van der Waals surface area contributed by atoms with Crippen molar-refractivity contribution >= 4 is 38.9 Å². The maximum absolute atomic E-state index is 12.2. The van der Waals surface area contributed by atoms with Gasteiger partial charge in [0.15, 0.2) is 0 Å². The molecular formula is C14H13BrN2O3S. The van der Waals surface area contributed by atoms with E-state index in [2.05, 4.69) is 28.2 Å². The summed E-state index contributed by atoms with van der Waals surface area (Å²) in [5.41, 5.74) is 1.37. The minimum absolute atomic E-state index is 0.103. The fourth-order valence-corrected chi connectivity index (χ4v) is 3.24. The molecule has 110 valence electrons. The number of hydrogen-bond acceptors (Lipinski definition) is 4. The highest BCUT2D eigenvalue weighted by atomic mass is 79.9. The fourth-order valence-electron chi connectivity index (χ4n) is 1.89. The van der Waals surface area contributed by atoms with Crippen molar-refractivity contribution in [3.05, 3.63) is 60.2 Å². The number of benzene rings is 1. The minimum atomic E-state index is -0.516. The molecule has 1 N–H and O–H groups in total. The molecule has 1 heterocycles. The van der Waals surface area contributed by atoms with Gasteiger partial charge in [0.2, 0.25) is 0 Å². The van der Waals surface area contributed by atoms with Gasteiger partial charge in [-0.15, -0.1) is 11.3 Å². The third-order valence-corrected chi connectivity index (χ3v) is 4.69. The summed E-state index contributed by atoms with van der Waals surface area (Å²) in [6, 6.07) is 6.18. The van der Waals surface area contributed by atoms with E-state index in [1.807, 2.05) is 11.4 Å². The summed E-state index contributed by atoms with van der Waals surface area (Å²) >= 11 is 4.84. The molecule has 0 unspecified atom stereocenters. The average molecular weight is 369 g/mol. The van der Waals surface area contributed by atoms with Gasteiger partial charge in [-0.1, -0.05) is 6.92 Å². The van der Waals surface area contributed by atoms with Crippen molar-refractivity contribution in [2.45, 2.75) is 19.9 Å². The highest BCUT2D eigenvalue weighted by Gasteiger charge is 2.15. The molecule has 0 bridgehead atoms. The molecule has 1 amide bonds. The summed E-state index contributed by atoms with van der Waals surface area (Å²) in [6.07, 6.45) is 0.912. The Morgan fingerprint density at radius 2 is 2.19 bits per heavy atom. The van der Waals surface area contributed by atoms with E-state index in [1.54, 1.807) is 11.3 Å². The van der Waals surface area contributed by atoms with Crippen LogP contribution in [0.25, 0.3) is 0 Å². The molecule has 1 aromatic carbocycles. The number of hydrogen-bond donors (Lipinski definition) is 1. The Kier molecular flexibility index (Phi) is 5.08. The molecule has 1 aromatic heterocycles. The number of carbonyl (C=O) groups excluding carboxylic acids is 1. The van der Waals surface area contributed by atoms with Crippen molar-refractivity contribution in [3.8, 4) is 0 Å². The van der Waals surface area contributed by atoms with E-state index in [1.165, 1.54) is 23.8 Å². The molecule has 0 radical (unpaired) electrons. The first-order chi connectivity index (χ1) is 10.0. The van der Waals surface area contributed by atoms with Gasteiger partial charge in [0.05, 0.1) is 17.0 Å². The highest BCUT2D eigenvalue weighted by Crippen LogP contribution is 2.23. The summed E-state index contributed by atoms with van der Waals surface area (Å²) < 4.78 is 0.535. The molecule has 0 fully saturated rings. The molecule has 0 saturated heterocycles. The molecule has 5 nitrogen and oxygen atoms in total. The zero-order chi connectivity index (χ0) is 15.4. The van der Waals surface area contributed by atoms with Crippen LogP contribution < -0.4 is 5.32 Å². The van der Waals surface area contributed by atoms with Gasteiger partial charge in [-0.05, 0) is 45.4 Å². The monoisotopic (exact) mass is 368 g/mol. The number of nitrogens with zero attached hydrogens (tertiary/aromatic N) is 1. The lowest BCUT2D eigenvalue weighted by atomic mass is 10.1. The third-order valence-electron chi connectivity index (χ3n) is 3.03. The van der Waals surface area contributed by atoms with E-state index in [0.717, 1.165) is 11.3 Å². The van der Waals surface area contributed by atoms with Gasteiger partial charge in [-0.2, -0.15) is 0 Å². The number of amides is 1. The summed E-state index contributed by atoms with van der Waals surface area (Å²) in [7, 11) is 0. The van der Waals surface area contributed by atoms with E-state index in [0.29, 0.717) is 11.0 Å². The minimum Gasteiger partial charge on any atom is -0.347 e. The van der Waals surface area contributed by atoms with E-state index in [4.69, 9.17) is 0 Å². The van der Waals surface area contributed by atoms with Gasteiger partial charge in [0.1, 0.15) is 0 Å². The summed E-state index contributed by atoms with van der Waals surface area (Å²) in [4.78, 5) is 23.5. The molecule has 0 saturated carbocycles. The largest absolute Gasteiger partial charge is 0.347 e. The van der Waals surface area contributed by atoms with E-state index in [9.17, 15) is 14.9 Å². The first-order valence-corrected chi connectivity index (χ1v) is 7.97. The van der Waals surface area contributed by atoms with Crippen LogP contribution in [0, 0.1) is 10.1 Å². The molecule has 0 atom stereocenters. The van der Waals surface area contributed by atoms with Crippen LogP contribution in [-0.2, 0) is 13.0 Å². The number of aryl methyl sites for hydroxylation is 1. The SMILES string of the molecule is CCc1ccsc1CNC(=O)c1cc([N+](=O)[O-])ccc1Br. The molecule has 2 rings (SSSR count). The normalized spacial score (nSPS) is 10.4.